The van der Waals surface area contributed by atoms with Gasteiger partial charge in [0.2, 0.25) is 0 Å². The number of amides is 1. The van der Waals surface area contributed by atoms with Gasteiger partial charge < -0.3 is 14.8 Å². The Hall–Kier alpha value is -2.18. The van der Waals surface area contributed by atoms with Crippen LogP contribution in [-0.4, -0.2) is 37.9 Å². The van der Waals surface area contributed by atoms with Gasteiger partial charge in [-0.3, -0.25) is 4.79 Å². The summed E-state index contributed by atoms with van der Waals surface area (Å²) in [6, 6.07) is 14.7. The Morgan fingerprint density at radius 2 is 1.92 bits per heavy atom. The predicted octanol–water partition coefficient (Wildman–Crippen LogP) is 3.56. The van der Waals surface area contributed by atoms with Crippen LogP contribution in [0, 0.1) is 0 Å². The maximum atomic E-state index is 12.1. The van der Waals surface area contributed by atoms with Crippen molar-refractivity contribution < 1.29 is 19.1 Å². The first-order valence-electron chi connectivity index (χ1n) is 7.99. The minimum absolute atomic E-state index is 0.186. The van der Waals surface area contributed by atoms with Gasteiger partial charge in [0.05, 0.1) is 7.11 Å². The summed E-state index contributed by atoms with van der Waals surface area (Å²) in [4.78, 5) is 23.8. The van der Waals surface area contributed by atoms with Crippen LogP contribution in [0.1, 0.15) is 15.9 Å². The summed E-state index contributed by atoms with van der Waals surface area (Å²) in [5.74, 6) is 1.01. The number of benzene rings is 2. The average molecular weight is 394 g/mol. The highest BCUT2D eigenvalue weighted by atomic mass is 35.5. The van der Waals surface area contributed by atoms with Crippen molar-refractivity contribution >= 4 is 35.2 Å². The number of rotatable bonds is 9. The van der Waals surface area contributed by atoms with Crippen LogP contribution in [0.3, 0.4) is 0 Å². The first-order valence-corrected chi connectivity index (χ1v) is 9.52. The lowest BCUT2D eigenvalue weighted by atomic mass is 10.2. The van der Waals surface area contributed by atoms with Crippen LogP contribution in [0.5, 0.6) is 5.75 Å². The molecule has 0 fully saturated rings. The van der Waals surface area contributed by atoms with E-state index in [0.717, 1.165) is 11.5 Å². The Kier molecular flexibility index (Phi) is 8.31. The van der Waals surface area contributed by atoms with Crippen molar-refractivity contribution in [3.05, 3.63) is 64.7 Å². The van der Waals surface area contributed by atoms with E-state index < -0.39 is 5.97 Å². The van der Waals surface area contributed by atoms with Crippen LogP contribution in [0.4, 0.5) is 0 Å². The molecule has 0 heterocycles. The number of thioether (sulfide) groups is 1. The van der Waals surface area contributed by atoms with Gasteiger partial charge in [0.15, 0.2) is 6.61 Å². The molecule has 1 amide bonds. The van der Waals surface area contributed by atoms with Crippen molar-refractivity contribution in [1.29, 1.82) is 0 Å². The molecule has 2 aromatic rings. The second-order valence-electron chi connectivity index (χ2n) is 5.31. The molecule has 0 bridgehead atoms. The highest BCUT2D eigenvalue weighted by Gasteiger charge is 2.15. The van der Waals surface area contributed by atoms with Crippen molar-refractivity contribution in [3.8, 4) is 5.75 Å². The van der Waals surface area contributed by atoms with Gasteiger partial charge in [-0.15, -0.1) is 0 Å². The molecule has 7 heteroatoms. The Labute approximate surface area is 162 Å². The summed E-state index contributed by atoms with van der Waals surface area (Å²) in [7, 11) is 1.44. The standard InChI is InChI=1S/C19H20ClNO4S/c1-24-17-8-7-15(20)11-16(17)19(23)25-12-18(22)21-9-10-26-13-14-5-3-2-4-6-14/h2-8,11H,9-10,12-13H2,1H3,(H,21,22). The molecule has 0 atom stereocenters. The predicted molar refractivity (Wildman–Crippen MR) is 104 cm³/mol. The van der Waals surface area contributed by atoms with Gasteiger partial charge >= 0.3 is 5.97 Å². The smallest absolute Gasteiger partial charge is 0.342 e. The molecule has 0 aromatic heterocycles. The fourth-order valence-electron chi connectivity index (χ4n) is 2.13. The number of nitrogens with one attached hydrogen (secondary N) is 1. The van der Waals surface area contributed by atoms with Crippen molar-refractivity contribution in [2.75, 3.05) is 26.0 Å². The van der Waals surface area contributed by atoms with Gasteiger partial charge in [0.25, 0.3) is 5.91 Å². The SMILES string of the molecule is COc1ccc(Cl)cc1C(=O)OCC(=O)NCCSCc1ccccc1. The summed E-state index contributed by atoms with van der Waals surface area (Å²) in [5.41, 5.74) is 1.43. The van der Waals surface area contributed by atoms with E-state index in [-0.39, 0.29) is 18.1 Å². The molecule has 0 spiro atoms. The van der Waals surface area contributed by atoms with Gasteiger partial charge in [-0.25, -0.2) is 4.79 Å². The summed E-state index contributed by atoms with van der Waals surface area (Å²) in [6.07, 6.45) is 0. The number of carbonyl (C=O) groups excluding carboxylic acids is 2. The number of carbonyl (C=O) groups is 2. The van der Waals surface area contributed by atoms with Crippen LogP contribution in [0.2, 0.25) is 5.02 Å². The van der Waals surface area contributed by atoms with E-state index in [1.165, 1.54) is 18.7 Å². The molecule has 1 N–H and O–H groups in total. The monoisotopic (exact) mass is 393 g/mol. The maximum absolute atomic E-state index is 12.1. The number of hydrogen-bond donors (Lipinski definition) is 1. The highest BCUT2D eigenvalue weighted by molar-refractivity contribution is 7.98. The van der Waals surface area contributed by atoms with E-state index in [1.54, 1.807) is 23.9 Å². The molecule has 0 aliphatic rings. The molecule has 0 aliphatic heterocycles. The average Bonchev–Trinajstić information content (AvgIpc) is 2.66. The third kappa shape index (κ3) is 6.61. The van der Waals surface area contributed by atoms with Gasteiger partial charge in [-0.2, -0.15) is 11.8 Å². The third-order valence-corrected chi connectivity index (χ3v) is 4.66. The Balaban J connectivity index is 1.67. The molecular weight excluding hydrogens is 374 g/mol. The van der Waals surface area contributed by atoms with E-state index in [9.17, 15) is 9.59 Å². The van der Waals surface area contributed by atoms with Crippen molar-refractivity contribution in [2.24, 2.45) is 0 Å². The van der Waals surface area contributed by atoms with E-state index in [0.29, 0.717) is 17.3 Å². The lowest BCUT2D eigenvalue weighted by molar-refractivity contribution is -0.124. The molecular formula is C19H20ClNO4S. The van der Waals surface area contributed by atoms with Crippen molar-refractivity contribution in [1.82, 2.24) is 5.32 Å². The maximum Gasteiger partial charge on any atom is 0.342 e. The number of methoxy groups -OCH3 is 1. The molecule has 0 saturated heterocycles. The Bertz CT molecular complexity index is 740. The Morgan fingerprint density at radius 1 is 1.15 bits per heavy atom. The summed E-state index contributed by atoms with van der Waals surface area (Å²) < 4.78 is 10.1. The molecule has 0 saturated carbocycles. The minimum Gasteiger partial charge on any atom is -0.496 e. The zero-order valence-corrected chi connectivity index (χ0v) is 15.9. The number of ether oxygens (including phenoxy) is 2. The Morgan fingerprint density at radius 3 is 2.65 bits per heavy atom. The molecule has 0 aliphatic carbocycles. The highest BCUT2D eigenvalue weighted by Crippen LogP contribution is 2.23. The lowest BCUT2D eigenvalue weighted by Crippen LogP contribution is -2.30. The van der Waals surface area contributed by atoms with Crippen LogP contribution in [0.25, 0.3) is 0 Å². The first-order chi connectivity index (χ1) is 12.6. The topological polar surface area (TPSA) is 64.6 Å². The minimum atomic E-state index is -0.655. The van der Waals surface area contributed by atoms with Gasteiger partial charge in [0, 0.05) is 23.1 Å². The number of hydrogen-bond acceptors (Lipinski definition) is 5. The second-order valence-corrected chi connectivity index (χ2v) is 6.85. The normalized spacial score (nSPS) is 10.2. The van der Waals surface area contributed by atoms with Crippen LogP contribution < -0.4 is 10.1 Å². The van der Waals surface area contributed by atoms with Gasteiger partial charge in [0.1, 0.15) is 11.3 Å². The van der Waals surface area contributed by atoms with Crippen LogP contribution in [0.15, 0.2) is 48.5 Å². The fourth-order valence-corrected chi connectivity index (χ4v) is 3.12. The molecule has 2 aromatic carbocycles. The summed E-state index contributed by atoms with van der Waals surface area (Å²) >= 11 is 7.60. The summed E-state index contributed by atoms with van der Waals surface area (Å²) in [6.45, 7) is 0.159. The number of halogens is 1. The van der Waals surface area contributed by atoms with E-state index in [4.69, 9.17) is 21.1 Å². The van der Waals surface area contributed by atoms with E-state index >= 15 is 0 Å². The molecule has 2 rings (SSSR count). The van der Waals surface area contributed by atoms with Crippen molar-refractivity contribution in [3.63, 3.8) is 0 Å². The van der Waals surface area contributed by atoms with Gasteiger partial charge in [-0.05, 0) is 23.8 Å². The fraction of sp³-hybridized carbons (Fsp3) is 0.263. The first kappa shape index (κ1) is 20.1. The molecule has 0 unspecified atom stereocenters. The third-order valence-electron chi connectivity index (χ3n) is 3.40. The summed E-state index contributed by atoms with van der Waals surface area (Å²) in [5, 5.41) is 3.11. The molecule has 0 radical (unpaired) electrons. The van der Waals surface area contributed by atoms with E-state index in [2.05, 4.69) is 17.4 Å². The second kappa shape index (κ2) is 10.7. The lowest BCUT2D eigenvalue weighted by Gasteiger charge is -2.09. The molecule has 26 heavy (non-hydrogen) atoms. The molecule has 5 nitrogen and oxygen atoms in total. The van der Waals surface area contributed by atoms with Gasteiger partial charge in [-0.1, -0.05) is 41.9 Å². The molecule has 138 valence electrons. The van der Waals surface area contributed by atoms with Crippen molar-refractivity contribution in [2.45, 2.75) is 5.75 Å². The number of esters is 1. The van der Waals surface area contributed by atoms with Crippen LogP contribution >= 0.6 is 23.4 Å². The quantitative estimate of drug-likeness (QED) is 0.521. The van der Waals surface area contributed by atoms with E-state index in [1.807, 2.05) is 18.2 Å². The largest absolute Gasteiger partial charge is 0.496 e. The zero-order valence-electron chi connectivity index (χ0n) is 14.4. The zero-order chi connectivity index (χ0) is 18.8. The van der Waals surface area contributed by atoms with Crippen LogP contribution in [-0.2, 0) is 15.3 Å².